The van der Waals surface area contributed by atoms with Crippen molar-refractivity contribution in [3.05, 3.63) is 125 Å². The molecule has 3 amide bonds. The number of carbonyl (C=O) groups is 3. The van der Waals surface area contributed by atoms with Crippen molar-refractivity contribution >= 4 is 40.2 Å². The number of aromatic nitrogens is 1. The van der Waals surface area contributed by atoms with Gasteiger partial charge in [0.05, 0.1) is 23.9 Å². The van der Waals surface area contributed by atoms with Crippen LogP contribution in [0, 0.1) is 0 Å². The maximum atomic E-state index is 12.7. The first-order valence-electron chi connectivity index (χ1n) is 18.5. The van der Waals surface area contributed by atoms with Gasteiger partial charge in [-0.3, -0.25) is 19.7 Å². The van der Waals surface area contributed by atoms with E-state index in [-0.39, 0.29) is 47.8 Å². The molecule has 286 valence electrons. The van der Waals surface area contributed by atoms with Gasteiger partial charge >= 0.3 is 6.09 Å². The Hall–Kier alpha value is -6.02. The number of aliphatic hydroxyl groups is 1. The second-order valence-electron chi connectivity index (χ2n) is 13.5. The number of anilines is 2. The Morgan fingerprint density at radius 3 is 2.38 bits per heavy atom. The van der Waals surface area contributed by atoms with Crippen LogP contribution in [0.5, 0.6) is 5.75 Å². The summed E-state index contributed by atoms with van der Waals surface area (Å²) in [7, 11) is 0. The molecule has 1 atom stereocenters. The number of pyridine rings is 1. The predicted octanol–water partition coefficient (Wildman–Crippen LogP) is 4.92. The van der Waals surface area contributed by atoms with Crippen LogP contribution in [0.4, 0.5) is 16.2 Å². The fraction of sp³-hybridized carbons (Fsp3) is 0.286. The van der Waals surface area contributed by atoms with Gasteiger partial charge in [-0.15, -0.1) is 0 Å². The van der Waals surface area contributed by atoms with Gasteiger partial charge in [0.15, 0.2) is 0 Å². The number of likely N-dealkylation sites (tertiary alicyclic amines) is 1. The van der Waals surface area contributed by atoms with Crippen molar-refractivity contribution in [2.24, 2.45) is 0 Å². The first kappa shape index (κ1) is 38.7. The second-order valence-corrected chi connectivity index (χ2v) is 13.5. The summed E-state index contributed by atoms with van der Waals surface area (Å²) in [5, 5.41) is 32.9. The molecule has 13 heteroatoms. The average Bonchev–Trinajstić information content (AvgIpc) is 3.19. The second kappa shape index (κ2) is 18.8. The Balaban J connectivity index is 0.835. The van der Waals surface area contributed by atoms with E-state index in [0.717, 1.165) is 29.8 Å². The molecular weight excluding hydrogens is 700 g/mol. The number of hydrogen-bond donors (Lipinski definition) is 7. The summed E-state index contributed by atoms with van der Waals surface area (Å²) in [6.07, 6.45) is 0.708. The van der Waals surface area contributed by atoms with E-state index in [0.29, 0.717) is 61.1 Å². The molecule has 1 aliphatic heterocycles. The fourth-order valence-corrected chi connectivity index (χ4v) is 6.63. The van der Waals surface area contributed by atoms with Gasteiger partial charge in [-0.25, -0.2) is 4.79 Å². The fourth-order valence-electron chi connectivity index (χ4n) is 6.63. The molecule has 6 rings (SSSR count). The number of H-pyrrole nitrogens is 1. The van der Waals surface area contributed by atoms with Crippen LogP contribution in [0.2, 0.25) is 0 Å². The highest BCUT2D eigenvalue weighted by molar-refractivity contribution is 5.92. The third-order valence-electron chi connectivity index (χ3n) is 9.57. The Kier molecular flexibility index (Phi) is 13.3. The molecule has 0 unspecified atom stereocenters. The van der Waals surface area contributed by atoms with Crippen molar-refractivity contribution in [3.63, 3.8) is 0 Å². The van der Waals surface area contributed by atoms with Crippen LogP contribution in [-0.2, 0) is 20.7 Å². The number of aromatic amines is 1. The van der Waals surface area contributed by atoms with Crippen LogP contribution >= 0.6 is 0 Å². The number of fused-ring (bicyclic) bond motifs is 1. The maximum Gasteiger partial charge on any atom is 0.411 e. The highest BCUT2D eigenvalue weighted by atomic mass is 16.6. The highest BCUT2D eigenvalue weighted by Gasteiger charge is 2.23. The van der Waals surface area contributed by atoms with E-state index in [9.17, 15) is 29.4 Å². The number of phenols is 1. The third-order valence-corrected chi connectivity index (χ3v) is 9.57. The van der Waals surface area contributed by atoms with Crippen molar-refractivity contribution in [1.29, 1.82) is 0 Å². The smallest absolute Gasteiger partial charge is 0.411 e. The molecule has 1 fully saturated rings. The summed E-state index contributed by atoms with van der Waals surface area (Å²) < 4.78 is 5.74. The number of para-hydroxylation sites is 1. The highest BCUT2D eigenvalue weighted by Crippen LogP contribution is 2.29. The predicted molar refractivity (Wildman–Crippen MR) is 212 cm³/mol. The number of hydrogen-bond acceptors (Lipinski definition) is 9. The number of benzene rings is 4. The normalized spacial score (nSPS) is 13.9. The largest absolute Gasteiger partial charge is 0.506 e. The molecular formula is C42H46N6O7. The van der Waals surface area contributed by atoms with Gasteiger partial charge in [0, 0.05) is 61.8 Å². The van der Waals surface area contributed by atoms with Crippen molar-refractivity contribution < 1.29 is 29.3 Å². The lowest BCUT2D eigenvalue weighted by Gasteiger charge is -2.31. The molecule has 55 heavy (non-hydrogen) atoms. The number of amides is 3. The summed E-state index contributed by atoms with van der Waals surface area (Å²) in [4.78, 5) is 54.2. The van der Waals surface area contributed by atoms with Crippen molar-refractivity contribution in [2.75, 3.05) is 49.9 Å². The lowest BCUT2D eigenvalue weighted by Crippen LogP contribution is -2.39. The van der Waals surface area contributed by atoms with Crippen LogP contribution in [0.3, 0.4) is 0 Å². The summed E-state index contributed by atoms with van der Waals surface area (Å²) in [6.45, 7) is 2.59. The van der Waals surface area contributed by atoms with E-state index in [1.165, 1.54) is 12.1 Å². The van der Waals surface area contributed by atoms with Gasteiger partial charge in [-0.2, -0.15) is 0 Å². The average molecular weight is 747 g/mol. The molecule has 0 radical (unpaired) electrons. The molecule has 7 N–H and O–H groups in total. The minimum Gasteiger partial charge on any atom is -0.506 e. The van der Waals surface area contributed by atoms with Gasteiger partial charge in [0.25, 0.3) is 0 Å². The standard InChI is InChI=1S/C42H46N6O7/c49-36-16-14-33(34-15-17-38(51)47-41(34)36)37(50)26-43-27-40(53)44-22-18-28-10-12-30(13-11-28)45-39(52)21-25-48-23-19-31(20-24-48)55-42(54)46-35-9-5-4-8-32(35)29-6-2-1-3-7-29/h1-17,31,37,43,49-50H,18-27H2,(H,44,53)(H,45,52)(H,46,54)(H,47,51)/t37-/m1/s1. The van der Waals surface area contributed by atoms with Crippen LogP contribution in [-0.4, -0.2) is 83.4 Å². The summed E-state index contributed by atoms with van der Waals surface area (Å²) in [5.41, 5.74) is 4.74. The van der Waals surface area contributed by atoms with Gasteiger partial charge in [0.2, 0.25) is 17.4 Å². The van der Waals surface area contributed by atoms with Crippen molar-refractivity contribution in [1.82, 2.24) is 20.5 Å². The maximum absolute atomic E-state index is 12.7. The number of aromatic hydroxyl groups is 1. The SMILES string of the molecule is O=C(CNC[C@@H](O)c1ccc(O)c2[nH]c(=O)ccc12)NCCc1ccc(NC(=O)CCN2CCC(OC(=O)Nc3ccccc3-c3ccccc3)CC2)cc1. The molecule has 0 spiro atoms. The van der Waals surface area contributed by atoms with Gasteiger partial charge < -0.3 is 40.8 Å². The zero-order valence-electron chi connectivity index (χ0n) is 30.4. The van der Waals surface area contributed by atoms with Crippen LogP contribution in [0.15, 0.2) is 108 Å². The number of piperidine rings is 1. The van der Waals surface area contributed by atoms with E-state index in [2.05, 4.69) is 31.2 Å². The molecule has 5 aromatic rings. The summed E-state index contributed by atoms with van der Waals surface area (Å²) in [6, 6.07) is 30.9. The zero-order valence-corrected chi connectivity index (χ0v) is 30.4. The molecule has 1 saturated heterocycles. The minimum absolute atomic E-state index is 0.00282. The van der Waals surface area contributed by atoms with E-state index in [4.69, 9.17) is 4.74 Å². The lowest BCUT2D eigenvalue weighted by molar-refractivity contribution is -0.120. The number of rotatable bonds is 15. The number of nitrogens with zero attached hydrogens (tertiary/aromatic N) is 1. The molecule has 0 saturated carbocycles. The van der Waals surface area contributed by atoms with E-state index >= 15 is 0 Å². The number of carbonyl (C=O) groups excluding carboxylic acids is 3. The molecule has 0 bridgehead atoms. The summed E-state index contributed by atoms with van der Waals surface area (Å²) in [5.74, 6) is -0.395. The van der Waals surface area contributed by atoms with E-state index < -0.39 is 12.2 Å². The third kappa shape index (κ3) is 11.0. The monoisotopic (exact) mass is 746 g/mol. The molecule has 2 heterocycles. The molecule has 13 nitrogen and oxygen atoms in total. The first-order valence-corrected chi connectivity index (χ1v) is 18.5. The molecule has 0 aliphatic carbocycles. The molecule has 1 aromatic heterocycles. The topological polar surface area (TPSA) is 185 Å². The van der Waals surface area contributed by atoms with Crippen LogP contribution in [0.25, 0.3) is 22.0 Å². The molecule has 1 aliphatic rings. The Morgan fingerprint density at radius 1 is 0.855 bits per heavy atom. The first-order chi connectivity index (χ1) is 26.7. The van der Waals surface area contributed by atoms with Gasteiger partial charge in [-0.1, -0.05) is 66.7 Å². The van der Waals surface area contributed by atoms with Gasteiger partial charge in [0.1, 0.15) is 11.9 Å². The van der Waals surface area contributed by atoms with E-state index in [1.54, 1.807) is 12.1 Å². The number of phenolic OH excluding ortho intramolecular Hbond substituents is 1. The lowest BCUT2D eigenvalue weighted by atomic mass is 10.0. The minimum atomic E-state index is -0.963. The number of ether oxygens (including phenoxy) is 1. The van der Waals surface area contributed by atoms with Gasteiger partial charge in [-0.05, 0) is 66.3 Å². The van der Waals surface area contributed by atoms with Crippen molar-refractivity contribution in [2.45, 2.75) is 37.9 Å². The molecule has 4 aromatic carbocycles. The number of aliphatic hydroxyl groups excluding tert-OH is 1. The Morgan fingerprint density at radius 2 is 1.60 bits per heavy atom. The van der Waals surface area contributed by atoms with Crippen LogP contribution in [0.1, 0.15) is 36.5 Å². The number of nitrogens with one attached hydrogen (secondary N) is 5. The van der Waals surface area contributed by atoms with Crippen molar-refractivity contribution in [3.8, 4) is 16.9 Å². The zero-order chi connectivity index (χ0) is 38.6. The van der Waals surface area contributed by atoms with E-state index in [1.807, 2.05) is 78.9 Å². The van der Waals surface area contributed by atoms with Crippen LogP contribution < -0.4 is 26.8 Å². The quantitative estimate of drug-likeness (QED) is 0.0781. The summed E-state index contributed by atoms with van der Waals surface area (Å²) >= 11 is 0. The Bertz CT molecular complexity index is 2130. The Labute approximate surface area is 318 Å².